The van der Waals surface area contributed by atoms with Crippen LogP contribution in [0.15, 0.2) is 0 Å². The van der Waals surface area contributed by atoms with Gasteiger partial charge >= 0.3 is 89.1 Å². The summed E-state index contributed by atoms with van der Waals surface area (Å²) in [4.78, 5) is 22.4. The van der Waals surface area contributed by atoms with E-state index in [1.807, 2.05) is 0 Å². The molecule has 0 aliphatic carbocycles. The van der Waals surface area contributed by atoms with Gasteiger partial charge in [0.15, 0.2) is 0 Å². The Kier molecular flexibility index (Phi) is 4.42. The van der Waals surface area contributed by atoms with E-state index in [0.29, 0.717) is 0 Å². The Morgan fingerprint density at radius 3 is 1.86 bits per heavy atom. The van der Waals surface area contributed by atoms with Crippen LogP contribution in [0.1, 0.15) is 19.3 Å². The Morgan fingerprint density at radius 1 is 1.07 bits per heavy atom. The number of rotatable bonds is 2. The molecule has 4 nitrogen and oxygen atoms in total. The molecular formula is C9H14O4Se. The molecule has 1 aliphatic rings. The first-order chi connectivity index (χ1) is 6.69. The van der Waals surface area contributed by atoms with Crippen molar-refractivity contribution in [1.29, 1.82) is 0 Å². The van der Waals surface area contributed by atoms with E-state index in [2.05, 4.69) is 9.47 Å². The predicted octanol–water partition coefficient (Wildman–Crippen LogP) is 0.797. The third-order valence-electron chi connectivity index (χ3n) is 2.19. The molecule has 0 N–H and O–H groups in total. The zero-order chi connectivity index (χ0) is 10.6. The summed E-state index contributed by atoms with van der Waals surface area (Å²) in [5, 5.41) is 0. The molecule has 0 unspecified atom stereocenters. The van der Waals surface area contributed by atoms with Gasteiger partial charge in [0.25, 0.3) is 0 Å². The van der Waals surface area contributed by atoms with E-state index >= 15 is 0 Å². The van der Waals surface area contributed by atoms with Crippen LogP contribution in [0, 0.1) is 0 Å². The van der Waals surface area contributed by atoms with Gasteiger partial charge in [-0.1, -0.05) is 0 Å². The van der Waals surface area contributed by atoms with Crippen LogP contribution in [0.5, 0.6) is 0 Å². The van der Waals surface area contributed by atoms with Gasteiger partial charge in [-0.2, -0.15) is 0 Å². The fourth-order valence-electron chi connectivity index (χ4n) is 1.43. The van der Waals surface area contributed by atoms with Crippen molar-refractivity contribution in [2.24, 2.45) is 0 Å². The van der Waals surface area contributed by atoms with Crippen molar-refractivity contribution < 1.29 is 19.1 Å². The predicted molar refractivity (Wildman–Crippen MR) is 51.1 cm³/mol. The molecule has 14 heavy (non-hydrogen) atoms. The fraction of sp³-hybridized carbons (Fsp3) is 0.778. The molecule has 0 aromatic heterocycles. The summed E-state index contributed by atoms with van der Waals surface area (Å²) < 4.78 is 9.35. The Bertz CT molecular complexity index is 207. The summed E-state index contributed by atoms with van der Waals surface area (Å²) >= 11 is -0.0154. The number of hydrogen-bond donors (Lipinski definition) is 0. The van der Waals surface area contributed by atoms with Crippen molar-refractivity contribution in [1.82, 2.24) is 0 Å². The van der Waals surface area contributed by atoms with Crippen LogP contribution in [-0.4, -0.2) is 41.1 Å². The Balaban J connectivity index is 2.51. The van der Waals surface area contributed by atoms with E-state index in [9.17, 15) is 9.59 Å². The van der Waals surface area contributed by atoms with Crippen molar-refractivity contribution >= 4 is 26.9 Å². The monoisotopic (exact) mass is 266 g/mol. The van der Waals surface area contributed by atoms with Crippen molar-refractivity contribution in [2.75, 3.05) is 14.2 Å². The average molecular weight is 265 g/mol. The van der Waals surface area contributed by atoms with Crippen LogP contribution < -0.4 is 0 Å². The third-order valence-corrected chi connectivity index (χ3v) is 5.36. The minimum atomic E-state index is -0.182. The van der Waals surface area contributed by atoms with Crippen LogP contribution in [-0.2, 0) is 19.1 Å². The molecule has 0 spiro atoms. The summed E-state index contributed by atoms with van der Waals surface area (Å²) in [5.41, 5.74) is 0. The summed E-state index contributed by atoms with van der Waals surface area (Å²) in [5.74, 6) is -0.364. The zero-order valence-electron chi connectivity index (χ0n) is 8.32. The van der Waals surface area contributed by atoms with E-state index in [4.69, 9.17) is 0 Å². The number of hydrogen-bond acceptors (Lipinski definition) is 4. The van der Waals surface area contributed by atoms with Crippen LogP contribution in [0.25, 0.3) is 0 Å². The summed E-state index contributed by atoms with van der Waals surface area (Å²) in [7, 11) is 2.78. The zero-order valence-corrected chi connectivity index (χ0v) is 10.0. The molecular weight excluding hydrogens is 251 g/mol. The average Bonchev–Trinajstić information content (AvgIpc) is 2.27. The van der Waals surface area contributed by atoms with Crippen molar-refractivity contribution in [3.05, 3.63) is 0 Å². The van der Waals surface area contributed by atoms with Gasteiger partial charge in [-0.25, -0.2) is 0 Å². The normalized spacial score (nSPS) is 26.7. The van der Waals surface area contributed by atoms with Gasteiger partial charge in [0, 0.05) is 0 Å². The fourth-order valence-corrected chi connectivity index (χ4v) is 4.41. The van der Waals surface area contributed by atoms with E-state index in [1.54, 1.807) is 0 Å². The van der Waals surface area contributed by atoms with Gasteiger partial charge < -0.3 is 0 Å². The molecule has 1 saturated heterocycles. The minimum absolute atomic E-state index is 0.0154. The van der Waals surface area contributed by atoms with Gasteiger partial charge in [-0.15, -0.1) is 0 Å². The quantitative estimate of drug-likeness (QED) is 0.547. The molecule has 0 amide bonds. The molecule has 0 saturated carbocycles. The molecule has 80 valence electrons. The summed E-state index contributed by atoms with van der Waals surface area (Å²) in [6.07, 6.45) is 2.60. The Labute approximate surface area is 89.5 Å². The first kappa shape index (κ1) is 11.5. The molecule has 2 atom stereocenters. The molecule has 5 heteroatoms. The van der Waals surface area contributed by atoms with Gasteiger partial charge in [0.05, 0.1) is 0 Å². The molecule has 1 aliphatic heterocycles. The van der Waals surface area contributed by atoms with Gasteiger partial charge in [0.1, 0.15) is 0 Å². The van der Waals surface area contributed by atoms with Crippen LogP contribution in [0.2, 0.25) is 9.63 Å². The number of carbonyl (C=O) groups is 2. The van der Waals surface area contributed by atoms with Crippen LogP contribution in [0.3, 0.4) is 0 Å². The maximum absolute atomic E-state index is 11.3. The second kappa shape index (κ2) is 5.37. The molecule has 0 bridgehead atoms. The van der Waals surface area contributed by atoms with Crippen molar-refractivity contribution in [2.45, 2.75) is 28.9 Å². The van der Waals surface area contributed by atoms with Gasteiger partial charge in [-0.05, 0) is 0 Å². The number of ether oxygens (including phenoxy) is 2. The number of esters is 2. The summed E-state index contributed by atoms with van der Waals surface area (Å²) in [6, 6.07) is 0. The molecule has 0 aromatic rings. The molecule has 0 aromatic carbocycles. The van der Waals surface area contributed by atoms with Crippen molar-refractivity contribution in [3.8, 4) is 0 Å². The Hall–Kier alpha value is -0.541. The second-order valence-corrected chi connectivity index (χ2v) is 6.05. The van der Waals surface area contributed by atoms with Crippen LogP contribution in [0.4, 0.5) is 0 Å². The standard InChI is InChI=1S/C9H14O4Se/c1-12-8(10)6-4-3-5-7(14-6)9(11)13-2/h6-7H,3-5H2,1-2H3/t6-,7-/m0/s1. The molecule has 1 fully saturated rings. The van der Waals surface area contributed by atoms with Gasteiger partial charge in [0.2, 0.25) is 0 Å². The number of methoxy groups -OCH3 is 2. The Morgan fingerprint density at radius 2 is 1.50 bits per heavy atom. The SMILES string of the molecule is COC(=O)[C@@H]1CCC[C@@H](C(=O)OC)[Se]1. The third kappa shape index (κ3) is 2.72. The van der Waals surface area contributed by atoms with E-state index in [-0.39, 0.29) is 36.5 Å². The van der Waals surface area contributed by atoms with Crippen molar-refractivity contribution in [3.63, 3.8) is 0 Å². The number of carbonyl (C=O) groups excluding carboxylic acids is 2. The molecule has 0 radical (unpaired) electrons. The van der Waals surface area contributed by atoms with Crippen LogP contribution >= 0.6 is 0 Å². The summed E-state index contributed by atoms with van der Waals surface area (Å²) in [6.45, 7) is 0. The molecule has 1 rings (SSSR count). The first-order valence-corrected chi connectivity index (χ1v) is 6.48. The van der Waals surface area contributed by atoms with E-state index < -0.39 is 0 Å². The topological polar surface area (TPSA) is 52.6 Å². The van der Waals surface area contributed by atoms with E-state index in [0.717, 1.165) is 19.3 Å². The van der Waals surface area contributed by atoms with E-state index in [1.165, 1.54) is 14.2 Å². The first-order valence-electron chi connectivity index (χ1n) is 4.50. The molecule has 1 heterocycles. The van der Waals surface area contributed by atoms with Gasteiger partial charge in [-0.3, -0.25) is 0 Å². The maximum atomic E-state index is 11.3. The second-order valence-electron chi connectivity index (χ2n) is 3.09.